The van der Waals surface area contributed by atoms with E-state index in [0.29, 0.717) is 22.4 Å². The molecule has 0 fully saturated rings. The van der Waals surface area contributed by atoms with Crippen molar-refractivity contribution < 1.29 is 51.5 Å². The normalized spacial score (nSPS) is 12.3. The fourth-order valence-corrected chi connectivity index (χ4v) is 6.18. The van der Waals surface area contributed by atoms with E-state index in [4.69, 9.17) is 0 Å². The van der Waals surface area contributed by atoms with Crippen molar-refractivity contribution in [2.75, 3.05) is 0 Å². The van der Waals surface area contributed by atoms with Crippen molar-refractivity contribution in [3.8, 4) is 67.3 Å². The number of aromatic nitrogens is 1. The Kier molecular flexibility index (Phi) is 9.59. The molecule has 0 saturated heterocycles. The molecule has 0 N–H and O–H groups in total. The third-order valence-corrected chi connectivity index (χ3v) is 9.62. The molecule has 0 aliphatic rings. The van der Waals surface area contributed by atoms with Gasteiger partial charge in [0.25, 0.3) is 0 Å². The fraction of sp³-hybridized carbons (Fsp3) is 0.0541. The molecule has 0 unspecified atom stereocenters. The van der Waals surface area contributed by atoms with E-state index in [1.165, 1.54) is 12.1 Å². The second-order valence-electron chi connectivity index (χ2n) is 11.1. The van der Waals surface area contributed by atoms with Crippen molar-refractivity contribution in [1.82, 2.24) is 4.98 Å². The van der Waals surface area contributed by atoms with E-state index >= 15 is 0 Å². The monoisotopic (exact) mass is 755 g/mol. The van der Waals surface area contributed by atoms with Crippen LogP contribution in [-0.4, -0.2) is 32.8 Å². The topological polar surface area (TPSA) is 99.6 Å². The number of rotatable bonds is 9. The number of nitrogens with zero attached hydrogens (tertiary/aromatic N) is 1. The summed E-state index contributed by atoms with van der Waals surface area (Å²) in [6.07, 6.45) is 1.54. The van der Waals surface area contributed by atoms with Gasteiger partial charge in [0.05, 0.1) is 5.69 Å². The quantitative estimate of drug-likeness (QED) is 0.0823. The van der Waals surface area contributed by atoms with E-state index in [9.17, 15) is 43.2 Å². The summed E-state index contributed by atoms with van der Waals surface area (Å²) in [5, 5.41) is 0. The Balaban J connectivity index is 1.54. The lowest BCUT2D eigenvalue weighted by Gasteiger charge is -2.18. The first-order valence-electron chi connectivity index (χ1n) is 15.0. The lowest BCUT2D eigenvalue weighted by Crippen LogP contribution is -2.29. The summed E-state index contributed by atoms with van der Waals surface area (Å²) in [6, 6.07) is 36.3. The Morgan fingerprint density at radius 2 is 0.865 bits per heavy atom. The van der Waals surface area contributed by atoms with Crippen LogP contribution in [0.2, 0.25) is 0 Å². The third-order valence-electron chi connectivity index (χ3n) is 7.66. The van der Waals surface area contributed by atoms with Crippen LogP contribution in [0.25, 0.3) is 55.8 Å². The molecule has 266 valence electrons. The smallest absolute Gasteiger partial charge is 0.376 e. The van der Waals surface area contributed by atoms with Crippen molar-refractivity contribution in [2.24, 2.45) is 0 Å². The van der Waals surface area contributed by atoms with Crippen LogP contribution in [0.4, 0.5) is 26.3 Å². The van der Waals surface area contributed by atoms with Gasteiger partial charge >= 0.3 is 31.3 Å². The molecule has 0 spiro atoms. The number of benzene rings is 5. The molecular formula is C37H23F6NO6S2. The van der Waals surface area contributed by atoms with Crippen molar-refractivity contribution >= 4 is 20.2 Å². The molecule has 15 heteroatoms. The zero-order valence-corrected chi connectivity index (χ0v) is 27.9. The van der Waals surface area contributed by atoms with Crippen molar-refractivity contribution in [3.05, 3.63) is 140 Å². The number of pyridine rings is 1. The average Bonchev–Trinajstić information content (AvgIpc) is 3.11. The minimum absolute atomic E-state index is 0.128. The number of hydrogen-bond donors (Lipinski definition) is 0. The minimum atomic E-state index is -6.34. The maximum atomic E-state index is 13.2. The lowest BCUT2D eigenvalue weighted by atomic mass is 9.89. The van der Waals surface area contributed by atoms with Gasteiger partial charge in [0.1, 0.15) is 11.5 Å². The summed E-state index contributed by atoms with van der Waals surface area (Å²) >= 11 is 0. The van der Waals surface area contributed by atoms with Crippen molar-refractivity contribution in [2.45, 2.75) is 11.0 Å². The fourth-order valence-electron chi connectivity index (χ4n) is 5.29. The van der Waals surface area contributed by atoms with Gasteiger partial charge in [-0.05, 0) is 57.1 Å². The molecule has 0 radical (unpaired) electrons. The van der Waals surface area contributed by atoms with E-state index in [1.807, 2.05) is 91.0 Å². The first-order chi connectivity index (χ1) is 24.5. The van der Waals surface area contributed by atoms with Crippen molar-refractivity contribution in [1.29, 1.82) is 0 Å². The Labute approximate surface area is 294 Å². The molecule has 1 aromatic heterocycles. The first kappa shape index (κ1) is 36.1. The molecule has 6 aromatic rings. The van der Waals surface area contributed by atoms with E-state index in [1.54, 1.807) is 18.3 Å². The van der Waals surface area contributed by atoms with Crippen LogP contribution in [0.15, 0.2) is 140 Å². The molecule has 0 amide bonds. The van der Waals surface area contributed by atoms with Gasteiger partial charge in [-0.15, -0.1) is 0 Å². The van der Waals surface area contributed by atoms with Gasteiger partial charge in [-0.3, -0.25) is 4.98 Å². The van der Waals surface area contributed by atoms with Gasteiger partial charge in [-0.25, -0.2) is 0 Å². The first-order valence-corrected chi connectivity index (χ1v) is 17.8. The van der Waals surface area contributed by atoms with E-state index in [0.717, 1.165) is 34.4 Å². The van der Waals surface area contributed by atoms with Gasteiger partial charge in [0.15, 0.2) is 0 Å². The second kappa shape index (κ2) is 13.8. The SMILES string of the molecule is O=S(=O)(Oc1cc(OS(=O)(=O)C(F)(F)F)cc(-c2ccccc2-c2cnc(-c3ccccc3)cc2-c2ccc(-c3ccccc3)cc2)c1)C(F)(F)F. The molecule has 7 nitrogen and oxygen atoms in total. The zero-order chi connectivity index (χ0) is 37.3. The van der Waals surface area contributed by atoms with E-state index in [2.05, 4.69) is 13.4 Å². The summed E-state index contributed by atoms with van der Waals surface area (Å²) < 4.78 is 135. The predicted molar refractivity (Wildman–Crippen MR) is 183 cm³/mol. The molecule has 0 bridgehead atoms. The summed E-state index contributed by atoms with van der Waals surface area (Å²) in [7, 11) is -12.7. The van der Waals surface area contributed by atoms with Crippen LogP contribution in [-0.2, 0) is 20.2 Å². The number of alkyl halides is 6. The van der Waals surface area contributed by atoms with Crippen LogP contribution in [0.3, 0.4) is 0 Å². The number of hydrogen-bond acceptors (Lipinski definition) is 7. The largest absolute Gasteiger partial charge is 0.534 e. The highest BCUT2D eigenvalue weighted by molar-refractivity contribution is 7.88. The van der Waals surface area contributed by atoms with Gasteiger partial charge in [0, 0.05) is 23.4 Å². The third kappa shape index (κ3) is 7.65. The van der Waals surface area contributed by atoms with Crippen molar-refractivity contribution in [3.63, 3.8) is 0 Å². The average molecular weight is 756 g/mol. The number of halogens is 6. The molecule has 0 saturated carbocycles. The Morgan fingerprint density at radius 3 is 1.38 bits per heavy atom. The van der Waals surface area contributed by atoms with Crippen LogP contribution < -0.4 is 8.37 Å². The Morgan fingerprint density at radius 1 is 0.423 bits per heavy atom. The van der Waals surface area contributed by atoms with Crippen LogP contribution >= 0.6 is 0 Å². The predicted octanol–water partition coefficient (Wildman–Crippen LogP) is 9.87. The molecular weight excluding hydrogens is 733 g/mol. The van der Waals surface area contributed by atoms with Gasteiger partial charge in [-0.2, -0.15) is 43.2 Å². The second-order valence-corrected chi connectivity index (χ2v) is 14.2. The van der Waals surface area contributed by atoms with E-state index < -0.39 is 42.8 Å². The van der Waals surface area contributed by atoms with Crippen LogP contribution in [0.1, 0.15) is 0 Å². The maximum absolute atomic E-state index is 13.2. The lowest BCUT2D eigenvalue weighted by molar-refractivity contribution is -0.0502. The van der Waals surface area contributed by atoms with Crippen LogP contribution in [0.5, 0.6) is 11.5 Å². The standard InChI is InChI=1S/C37H23F6NO6S2/c38-36(39,40)51(45,46)49-29-19-28(20-30(21-29)50-52(47,48)37(41,42)43)31-13-7-8-14-32(31)34-23-44-35(27-11-5-2-6-12-27)22-33(34)26-17-15-25(16-18-26)24-9-3-1-4-10-24/h1-23H. The highest BCUT2D eigenvalue weighted by Crippen LogP contribution is 2.42. The summed E-state index contributed by atoms with van der Waals surface area (Å²) in [4.78, 5) is 4.64. The summed E-state index contributed by atoms with van der Waals surface area (Å²) in [6.45, 7) is 0. The molecule has 5 aromatic carbocycles. The summed E-state index contributed by atoms with van der Waals surface area (Å²) in [5.74, 6) is -2.32. The minimum Gasteiger partial charge on any atom is -0.376 e. The Hall–Kier alpha value is -5.67. The van der Waals surface area contributed by atoms with Crippen LogP contribution in [0, 0.1) is 0 Å². The molecule has 6 rings (SSSR count). The van der Waals surface area contributed by atoms with Gasteiger partial charge < -0.3 is 8.37 Å². The van der Waals surface area contributed by atoms with E-state index in [-0.39, 0.29) is 17.2 Å². The highest BCUT2D eigenvalue weighted by atomic mass is 32.2. The van der Waals surface area contributed by atoms with Gasteiger partial charge in [0.2, 0.25) is 0 Å². The van der Waals surface area contributed by atoms with Gasteiger partial charge in [-0.1, -0.05) is 109 Å². The maximum Gasteiger partial charge on any atom is 0.534 e. The Bertz CT molecular complexity index is 2390. The molecule has 0 aliphatic heterocycles. The molecule has 52 heavy (non-hydrogen) atoms. The highest BCUT2D eigenvalue weighted by Gasteiger charge is 2.50. The summed E-state index contributed by atoms with van der Waals surface area (Å²) in [5.41, 5.74) is -6.53. The molecule has 1 heterocycles. The zero-order valence-electron chi connectivity index (χ0n) is 26.3. The molecule has 0 atom stereocenters. The molecule has 0 aliphatic carbocycles.